The number of rotatable bonds is 5. The quantitative estimate of drug-likeness (QED) is 0.166. The Morgan fingerprint density at radius 1 is 0.730 bits per heavy atom. The molecule has 0 spiro atoms. The van der Waals surface area contributed by atoms with Crippen molar-refractivity contribution in [1.29, 1.82) is 0 Å². The van der Waals surface area contributed by atoms with Gasteiger partial charge in [0.1, 0.15) is 0 Å². The standard InChI is InChI=1S/C33H29N2S.Ir/c1-21(2)26-18-24(23-12-6-5-7-13-23)19-27(22(3)4)32(26)35-30-16-10-9-15-29(30)34-33(35)28-20-36-31-17-11-8-14-25(28)31;/h5-19,21-22H,1-4H3;/q-1;. The fraction of sp³-hybridized carbons (Fsp3) is 0.182. The van der Waals surface area contributed by atoms with Gasteiger partial charge in [-0.25, -0.2) is 0 Å². The van der Waals surface area contributed by atoms with E-state index in [1.807, 2.05) is 0 Å². The van der Waals surface area contributed by atoms with E-state index < -0.39 is 0 Å². The molecule has 2 heterocycles. The van der Waals surface area contributed by atoms with E-state index in [9.17, 15) is 0 Å². The maximum absolute atomic E-state index is 5.20. The molecule has 0 unspecified atom stereocenters. The molecule has 6 aromatic rings. The van der Waals surface area contributed by atoms with Gasteiger partial charge in [0.05, 0.1) is 16.9 Å². The van der Waals surface area contributed by atoms with Gasteiger partial charge in [-0.05, 0) is 58.4 Å². The third kappa shape index (κ3) is 4.48. The van der Waals surface area contributed by atoms with Gasteiger partial charge in [-0.3, -0.25) is 16.3 Å². The van der Waals surface area contributed by atoms with Crippen LogP contribution in [0, 0.1) is 5.38 Å². The monoisotopic (exact) mass is 678 g/mol. The molecule has 4 aromatic carbocycles. The van der Waals surface area contributed by atoms with Crippen molar-refractivity contribution in [2.75, 3.05) is 0 Å². The number of aromatic nitrogens is 2. The zero-order valence-corrected chi connectivity index (χ0v) is 24.7. The number of imidazole rings is 1. The number of fused-ring (bicyclic) bond motifs is 2. The van der Waals surface area contributed by atoms with E-state index in [0.29, 0.717) is 11.8 Å². The summed E-state index contributed by atoms with van der Waals surface area (Å²) in [4.78, 5) is 5.20. The fourth-order valence-electron chi connectivity index (χ4n) is 5.13. The molecule has 0 fully saturated rings. The number of thiophene rings is 1. The molecule has 0 bridgehead atoms. The summed E-state index contributed by atoms with van der Waals surface area (Å²) in [7, 11) is 0. The molecule has 0 amide bonds. The zero-order chi connectivity index (χ0) is 24.8. The Kier molecular flexibility index (Phi) is 7.18. The van der Waals surface area contributed by atoms with Crippen molar-refractivity contribution in [2.24, 2.45) is 0 Å². The van der Waals surface area contributed by atoms with E-state index in [0.717, 1.165) is 22.4 Å². The third-order valence-corrected chi connectivity index (χ3v) is 7.83. The van der Waals surface area contributed by atoms with E-state index >= 15 is 0 Å². The van der Waals surface area contributed by atoms with Crippen LogP contribution < -0.4 is 0 Å². The molecular weight excluding hydrogens is 649 g/mol. The molecule has 6 rings (SSSR count). The molecule has 187 valence electrons. The second-order valence-corrected chi connectivity index (χ2v) is 10.9. The minimum atomic E-state index is 0. The predicted octanol–water partition coefficient (Wildman–Crippen LogP) is 9.62. The molecule has 0 saturated carbocycles. The predicted molar refractivity (Wildman–Crippen MR) is 154 cm³/mol. The van der Waals surface area contributed by atoms with Gasteiger partial charge in [0, 0.05) is 25.8 Å². The molecule has 1 radical (unpaired) electrons. The van der Waals surface area contributed by atoms with Crippen LogP contribution in [0.5, 0.6) is 0 Å². The van der Waals surface area contributed by atoms with Gasteiger partial charge in [-0.1, -0.05) is 104 Å². The topological polar surface area (TPSA) is 17.8 Å². The van der Waals surface area contributed by atoms with E-state index in [4.69, 9.17) is 4.98 Å². The molecule has 0 aliphatic carbocycles. The SMILES string of the molecule is CC(C)c1cc(-c2ccccc2)cc(C(C)C)c1-n1c(-c2[c-]sc3ccccc23)nc2ccccc21.[Ir]. The normalized spacial score (nSPS) is 11.5. The van der Waals surface area contributed by atoms with E-state index in [1.54, 1.807) is 11.3 Å². The molecule has 37 heavy (non-hydrogen) atoms. The Hall–Kier alpha value is -3.04. The van der Waals surface area contributed by atoms with Gasteiger partial charge in [0.25, 0.3) is 0 Å². The van der Waals surface area contributed by atoms with Gasteiger partial charge in [0.15, 0.2) is 0 Å². The molecule has 2 nitrogen and oxygen atoms in total. The number of hydrogen-bond acceptors (Lipinski definition) is 2. The first-order chi connectivity index (χ1) is 17.5. The van der Waals surface area contributed by atoms with Crippen molar-refractivity contribution in [3.05, 3.63) is 108 Å². The first-order valence-electron chi connectivity index (χ1n) is 12.6. The van der Waals surface area contributed by atoms with Crippen LogP contribution in [-0.4, -0.2) is 9.55 Å². The Morgan fingerprint density at radius 2 is 1.35 bits per heavy atom. The average Bonchev–Trinajstić information content (AvgIpc) is 3.49. The number of nitrogens with zero attached hydrogens (tertiary/aromatic N) is 2. The average molecular weight is 678 g/mol. The minimum Gasteiger partial charge on any atom is -0.333 e. The van der Waals surface area contributed by atoms with Crippen molar-refractivity contribution in [3.63, 3.8) is 0 Å². The Balaban J connectivity index is 0.00000280. The Morgan fingerprint density at radius 3 is 2.05 bits per heavy atom. The van der Waals surface area contributed by atoms with Gasteiger partial charge >= 0.3 is 0 Å². The summed E-state index contributed by atoms with van der Waals surface area (Å²) in [6, 6.07) is 32.5. The fourth-order valence-corrected chi connectivity index (χ4v) is 5.97. The second kappa shape index (κ2) is 10.4. The van der Waals surface area contributed by atoms with Crippen molar-refractivity contribution < 1.29 is 20.1 Å². The van der Waals surface area contributed by atoms with E-state index in [2.05, 4.69) is 129 Å². The summed E-state index contributed by atoms with van der Waals surface area (Å²) in [5.74, 6) is 1.65. The van der Waals surface area contributed by atoms with Crippen molar-refractivity contribution in [2.45, 2.75) is 39.5 Å². The number of para-hydroxylation sites is 2. The summed E-state index contributed by atoms with van der Waals surface area (Å²) in [6.45, 7) is 9.18. The summed E-state index contributed by atoms with van der Waals surface area (Å²) in [5.41, 5.74) is 9.66. The largest absolute Gasteiger partial charge is 0.333 e. The summed E-state index contributed by atoms with van der Waals surface area (Å²) < 4.78 is 3.64. The maximum atomic E-state index is 5.20. The van der Waals surface area contributed by atoms with Gasteiger partial charge < -0.3 is 4.57 Å². The minimum absolute atomic E-state index is 0. The van der Waals surface area contributed by atoms with Crippen LogP contribution in [0.15, 0.2) is 91.0 Å². The molecule has 0 saturated heterocycles. The Bertz CT molecular complexity index is 1660. The van der Waals surface area contributed by atoms with Crippen LogP contribution in [-0.2, 0) is 20.1 Å². The molecule has 0 aliphatic heterocycles. The molecule has 0 aliphatic rings. The first kappa shape index (κ1) is 25.6. The molecule has 4 heteroatoms. The third-order valence-electron chi connectivity index (χ3n) is 6.95. The van der Waals surface area contributed by atoms with Crippen LogP contribution >= 0.6 is 11.3 Å². The summed E-state index contributed by atoms with van der Waals surface area (Å²) in [5, 5.41) is 4.80. The first-order valence-corrected chi connectivity index (χ1v) is 13.4. The van der Waals surface area contributed by atoms with Crippen LogP contribution in [0.2, 0.25) is 0 Å². The summed E-state index contributed by atoms with van der Waals surface area (Å²) in [6.07, 6.45) is 0. The van der Waals surface area contributed by atoms with Gasteiger partial charge in [0.2, 0.25) is 0 Å². The van der Waals surface area contributed by atoms with E-state index in [-0.39, 0.29) is 20.1 Å². The van der Waals surface area contributed by atoms with Crippen molar-refractivity contribution in [3.8, 4) is 28.2 Å². The molecule has 0 atom stereocenters. The van der Waals surface area contributed by atoms with Crippen LogP contribution in [0.25, 0.3) is 49.3 Å². The summed E-state index contributed by atoms with van der Waals surface area (Å²) >= 11 is 1.66. The molecule has 0 N–H and O–H groups in total. The van der Waals surface area contributed by atoms with Crippen LogP contribution in [0.1, 0.15) is 50.7 Å². The van der Waals surface area contributed by atoms with Gasteiger partial charge in [-0.15, -0.1) is 11.5 Å². The second-order valence-electron chi connectivity index (χ2n) is 10.0. The number of benzene rings is 4. The van der Waals surface area contributed by atoms with E-state index in [1.165, 1.54) is 38.0 Å². The van der Waals surface area contributed by atoms with Crippen molar-refractivity contribution >= 4 is 32.5 Å². The Labute approximate surface area is 236 Å². The van der Waals surface area contributed by atoms with Crippen LogP contribution in [0.4, 0.5) is 0 Å². The van der Waals surface area contributed by atoms with Crippen LogP contribution in [0.3, 0.4) is 0 Å². The molecular formula is C33H29IrN2S-. The number of hydrogen-bond donors (Lipinski definition) is 0. The smallest absolute Gasteiger partial charge is 0.0774 e. The van der Waals surface area contributed by atoms with Crippen molar-refractivity contribution in [1.82, 2.24) is 9.55 Å². The van der Waals surface area contributed by atoms with Gasteiger partial charge in [-0.2, -0.15) is 0 Å². The molecule has 2 aromatic heterocycles. The zero-order valence-electron chi connectivity index (χ0n) is 21.5. The maximum Gasteiger partial charge on any atom is 0.0774 e.